The van der Waals surface area contributed by atoms with Gasteiger partial charge in [-0.3, -0.25) is 0 Å². The Balaban J connectivity index is 1.87. The van der Waals surface area contributed by atoms with E-state index in [1.54, 1.807) is 25.7 Å². The lowest BCUT2D eigenvalue weighted by Crippen LogP contribution is -2.49. The van der Waals surface area contributed by atoms with Gasteiger partial charge in [0.2, 0.25) is 0 Å². The van der Waals surface area contributed by atoms with Crippen LogP contribution in [0.15, 0.2) is 18.2 Å². The first-order chi connectivity index (χ1) is 12.2. The van der Waals surface area contributed by atoms with Crippen molar-refractivity contribution in [2.45, 2.75) is 64.1 Å². The van der Waals surface area contributed by atoms with Crippen LogP contribution in [0.5, 0.6) is 0 Å². The van der Waals surface area contributed by atoms with Crippen LogP contribution in [-0.4, -0.2) is 47.2 Å². The maximum Gasteiger partial charge on any atom is 0.410 e. The number of nitrogens with zero attached hydrogens (tertiary/aromatic N) is 2. The number of hydrogen-bond acceptors (Lipinski definition) is 3. The van der Waals surface area contributed by atoms with Gasteiger partial charge in [-0.1, -0.05) is 0 Å². The molecule has 2 saturated heterocycles. The van der Waals surface area contributed by atoms with Crippen molar-refractivity contribution in [3.05, 3.63) is 35.4 Å². The van der Waals surface area contributed by atoms with E-state index >= 15 is 0 Å². The van der Waals surface area contributed by atoms with Crippen LogP contribution in [-0.2, 0) is 4.74 Å². The normalized spacial score (nSPS) is 24.7. The smallest absolute Gasteiger partial charge is 0.410 e. The molecule has 2 fully saturated rings. The summed E-state index contributed by atoms with van der Waals surface area (Å²) < 4.78 is 33.8. The van der Waals surface area contributed by atoms with Crippen molar-refractivity contribution in [1.29, 1.82) is 0 Å². The van der Waals surface area contributed by atoms with Crippen molar-refractivity contribution < 1.29 is 18.3 Å². The molecule has 0 N–H and O–H groups in total. The van der Waals surface area contributed by atoms with E-state index in [0.717, 1.165) is 31.6 Å². The third-order valence-electron chi connectivity index (χ3n) is 5.18. The first-order valence-corrected chi connectivity index (χ1v) is 9.43. The van der Waals surface area contributed by atoms with Gasteiger partial charge in [-0.2, -0.15) is 0 Å². The van der Waals surface area contributed by atoms with Gasteiger partial charge in [-0.25, -0.2) is 13.6 Å². The molecule has 144 valence electrons. The second-order valence-corrected chi connectivity index (χ2v) is 8.28. The van der Waals surface area contributed by atoms with Gasteiger partial charge in [0.15, 0.2) is 0 Å². The minimum atomic E-state index is -0.631. The van der Waals surface area contributed by atoms with Gasteiger partial charge in [-0.05, 0) is 77.7 Å². The van der Waals surface area contributed by atoms with Crippen molar-refractivity contribution in [3.8, 4) is 0 Å². The molecule has 1 unspecified atom stereocenters. The number of carbonyl (C=O) groups is 1. The quantitative estimate of drug-likeness (QED) is 0.772. The second-order valence-electron chi connectivity index (χ2n) is 8.28. The van der Waals surface area contributed by atoms with Gasteiger partial charge in [0.25, 0.3) is 0 Å². The van der Waals surface area contributed by atoms with E-state index in [4.69, 9.17) is 4.74 Å². The van der Waals surface area contributed by atoms with E-state index in [9.17, 15) is 13.6 Å². The molecule has 1 aromatic carbocycles. The van der Waals surface area contributed by atoms with E-state index in [0.29, 0.717) is 13.0 Å². The Morgan fingerprint density at radius 1 is 1.15 bits per heavy atom. The van der Waals surface area contributed by atoms with E-state index in [2.05, 4.69) is 4.90 Å². The standard InChI is InChI=1S/C20H28F2N2O2/c1-20(2,3)26-19(25)24-11-8-15(23-9-4-5-10-23)13-18(24)16-12-14(21)6-7-17(16)22/h6-7,12,15,18H,4-5,8-11,13H2,1-3H3/t15?,18-/m0/s1. The van der Waals surface area contributed by atoms with Gasteiger partial charge < -0.3 is 14.5 Å². The van der Waals surface area contributed by atoms with Gasteiger partial charge >= 0.3 is 6.09 Å². The van der Waals surface area contributed by atoms with Gasteiger partial charge in [-0.15, -0.1) is 0 Å². The van der Waals surface area contributed by atoms with Gasteiger partial charge in [0, 0.05) is 18.2 Å². The van der Waals surface area contributed by atoms with Crippen molar-refractivity contribution in [2.75, 3.05) is 19.6 Å². The predicted molar refractivity (Wildman–Crippen MR) is 95.9 cm³/mol. The molecule has 0 spiro atoms. The molecule has 1 aromatic rings. The number of hydrogen-bond donors (Lipinski definition) is 0. The van der Waals surface area contributed by atoms with Crippen LogP contribution in [0, 0.1) is 11.6 Å². The number of carbonyl (C=O) groups excluding carboxylic acids is 1. The summed E-state index contributed by atoms with van der Waals surface area (Å²) in [5.41, 5.74) is -0.395. The fourth-order valence-corrected chi connectivity index (χ4v) is 3.99. The number of piperidine rings is 1. The highest BCUT2D eigenvalue weighted by Gasteiger charge is 2.38. The van der Waals surface area contributed by atoms with E-state index in [1.165, 1.54) is 18.9 Å². The number of benzene rings is 1. The molecule has 26 heavy (non-hydrogen) atoms. The average Bonchev–Trinajstić information content (AvgIpc) is 3.09. The number of likely N-dealkylation sites (tertiary alicyclic amines) is 2. The van der Waals surface area contributed by atoms with Crippen molar-refractivity contribution in [2.24, 2.45) is 0 Å². The number of ether oxygens (including phenoxy) is 1. The molecule has 0 saturated carbocycles. The monoisotopic (exact) mass is 366 g/mol. The van der Waals surface area contributed by atoms with Crippen LogP contribution < -0.4 is 0 Å². The summed E-state index contributed by atoms with van der Waals surface area (Å²) in [5.74, 6) is -0.971. The molecule has 4 nitrogen and oxygen atoms in total. The lowest BCUT2D eigenvalue weighted by molar-refractivity contribution is -0.000642. The molecule has 2 atom stereocenters. The maximum atomic E-state index is 14.5. The first kappa shape index (κ1) is 19.1. The highest BCUT2D eigenvalue weighted by molar-refractivity contribution is 5.69. The van der Waals surface area contributed by atoms with E-state index in [1.807, 2.05) is 0 Å². The van der Waals surface area contributed by atoms with Crippen LogP contribution in [0.3, 0.4) is 0 Å². The van der Waals surface area contributed by atoms with Crippen LogP contribution in [0.4, 0.5) is 13.6 Å². The Morgan fingerprint density at radius 3 is 2.50 bits per heavy atom. The Morgan fingerprint density at radius 2 is 1.85 bits per heavy atom. The molecule has 2 aliphatic heterocycles. The minimum absolute atomic E-state index is 0.236. The van der Waals surface area contributed by atoms with Crippen molar-refractivity contribution in [3.63, 3.8) is 0 Å². The first-order valence-electron chi connectivity index (χ1n) is 9.43. The van der Waals surface area contributed by atoms with Crippen LogP contribution in [0.1, 0.15) is 58.1 Å². The molecule has 0 aliphatic carbocycles. The highest BCUT2D eigenvalue weighted by Crippen LogP contribution is 2.36. The van der Waals surface area contributed by atoms with E-state index < -0.39 is 29.4 Å². The third kappa shape index (κ3) is 4.34. The zero-order chi connectivity index (χ0) is 18.9. The number of amides is 1. The van der Waals surface area contributed by atoms with Crippen molar-refractivity contribution in [1.82, 2.24) is 9.80 Å². The summed E-state index contributed by atoms with van der Waals surface area (Å²) in [6, 6.07) is 3.22. The Bertz CT molecular complexity index is 654. The average molecular weight is 366 g/mol. The van der Waals surface area contributed by atoms with E-state index in [-0.39, 0.29) is 11.6 Å². The molecule has 2 heterocycles. The predicted octanol–water partition coefficient (Wildman–Crippen LogP) is 4.50. The summed E-state index contributed by atoms with van der Waals surface area (Å²) in [5, 5.41) is 0. The molecular weight excluding hydrogens is 338 g/mol. The molecule has 3 rings (SSSR count). The summed E-state index contributed by atoms with van der Waals surface area (Å²) in [6.07, 6.45) is 3.30. The molecule has 1 amide bonds. The molecule has 0 bridgehead atoms. The molecule has 6 heteroatoms. The largest absolute Gasteiger partial charge is 0.444 e. The summed E-state index contributed by atoms with van der Waals surface area (Å²) in [6.45, 7) is 7.97. The summed E-state index contributed by atoms with van der Waals surface area (Å²) in [4.78, 5) is 16.7. The maximum absolute atomic E-state index is 14.5. The Hall–Kier alpha value is -1.69. The zero-order valence-corrected chi connectivity index (χ0v) is 15.8. The highest BCUT2D eigenvalue weighted by atomic mass is 19.1. The summed E-state index contributed by atoms with van der Waals surface area (Å²) >= 11 is 0. The third-order valence-corrected chi connectivity index (χ3v) is 5.18. The molecule has 2 aliphatic rings. The van der Waals surface area contributed by atoms with Crippen LogP contribution >= 0.6 is 0 Å². The molecular formula is C20H28F2N2O2. The topological polar surface area (TPSA) is 32.8 Å². The zero-order valence-electron chi connectivity index (χ0n) is 15.8. The van der Waals surface area contributed by atoms with Crippen LogP contribution in [0.2, 0.25) is 0 Å². The lowest BCUT2D eigenvalue weighted by Gasteiger charge is -2.43. The fraction of sp³-hybridized carbons (Fsp3) is 0.650. The van der Waals surface area contributed by atoms with Gasteiger partial charge in [0.1, 0.15) is 17.2 Å². The van der Waals surface area contributed by atoms with Gasteiger partial charge in [0.05, 0.1) is 6.04 Å². The van der Waals surface area contributed by atoms with Crippen LogP contribution in [0.25, 0.3) is 0 Å². The fourth-order valence-electron chi connectivity index (χ4n) is 3.99. The SMILES string of the molecule is CC(C)(C)OC(=O)N1CCC(N2CCCC2)C[C@H]1c1cc(F)ccc1F. The second kappa shape index (κ2) is 7.51. The van der Waals surface area contributed by atoms with Crippen molar-refractivity contribution >= 4 is 6.09 Å². The molecule has 0 aromatic heterocycles. The summed E-state index contributed by atoms with van der Waals surface area (Å²) in [7, 11) is 0. The Kier molecular flexibility index (Phi) is 5.51. The minimum Gasteiger partial charge on any atom is -0.444 e. The lowest BCUT2D eigenvalue weighted by atomic mass is 9.91. The number of rotatable bonds is 2. The number of halogens is 2. The molecule has 0 radical (unpaired) electrons. The Labute approximate surface area is 154 Å².